The van der Waals surface area contributed by atoms with E-state index in [2.05, 4.69) is 11.9 Å². The van der Waals surface area contributed by atoms with Gasteiger partial charge in [-0.25, -0.2) is 4.79 Å². The zero-order valence-electron chi connectivity index (χ0n) is 10.1. The van der Waals surface area contributed by atoms with Crippen LogP contribution in [0.1, 0.15) is 34.1 Å². The second kappa shape index (κ2) is 6.27. The Bertz CT molecular complexity index is 249. The van der Waals surface area contributed by atoms with Crippen LogP contribution in [0.25, 0.3) is 0 Å². The van der Waals surface area contributed by atoms with E-state index in [1.54, 1.807) is 6.08 Å². The molecule has 15 heavy (non-hydrogen) atoms. The molecule has 0 saturated carbocycles. The lowest BCUT2D eigenvalue weighted by atomic mass is 10.2. The monoisotopic (exact) mass is 211 g/mol. The second-order valence-electron chi connectivity index (χ2n) is 4.27. The normalized spacial score (nSPS) is 12.1. The highest BCUT2D eigenvalue weighted by atomic mass is 16.6. The number of hydrogen-bond acceptors (Lipinski definition) is 2. The fraction of sp³-hybridized carbons (Fsp3) is 0.583. The maximum absolute atomic E-state index is 11.3. The van der Waals surface area contributed by atoms with E-state index in [0.717, 1.165) is 12.0 Å². The molecule has 0 aliphatic carbocycles. The minimum atomic E-state index is -0.446. The van der Waals surface area contributed by atoms with Crippen LogP contribution < -0.4 is 5.32 Å². The van der Waals surface area contributed by atoms with Crippen molar-refractivity contribution >= 4 is 6.09 Å². The van der Waals surface area contributed by atoms with Gasteiger partial charge in [-0.1, -0.05) is 31.2 Å². The highest BCUT2D eigenvalue weighted by Crippen LogP contribution is 2.07. The molecule has 0 aromatic rings. The average Bonchev–Trinajstić information content (AvgIpc) is 2.09. The van der Waals surface area contributed by atoms with Crippen molar-refractivity contribution in [3.05, 3.63) is 24.3 Å². The largest absolute Gasteiger partial charge is 0.444 e. The van der Waals surface area contributed by atoms with Crippen LogP contribution in [0.4, 0.5) is 4.79 Å². The summed E-state index contributed by atoms with van der Waals surface area (Å²) in [4.78, 5) is 11.3. The molecule has 1 amide bonds. The Balaban J connectivity index is 4.00. The molecule has 0 heterocycles. The number of carbonyl (C=O) groups excluding carboxylic acids is 1. The summed E-state index contributed by atoms with van der Waals surface area (Å²) >= 11 is 0. The summed E-state index contributed by atoms with van der Waals surface area (Å²) in [6, 6.07) is 0. The van der Waals surface area contributed by atoms with Crippen molar-refractivity contribution in [3.8, 4) is 0 Å². The van der Waals surface area contributed by atoms with Crippen molar-refractivity contribution < 1.29 is 9.53 Å². The van der Waals surface area contributed by atoms with Crippen LogP contribution in [-0.2, 0) is 4.74 Å². The van der Waals surface area contributed by atoms with Gasteiger partial charge < -0.3 is 10.1 Å². The summed E-state index contributed by atoms with van der Waals surface area (Å²) in [7, 11) is 0. The first kappa shape index (κ1) is 13.8. The number of nitrogens with one attached hydrogen (secondary N) is 1. The molecule has 0 radical (unpaired) electrons. The van der Waals surface area contributed by atoms with Crippen LogP contribution in [0.2, 0.25) is 0 Å². The molecule has 0 fully saturated rings. The third-order valence-electron chi connectivity index (χ3n) is 1.67. The predicted molar refractivity (Wildman–Crippen MR) is 62.8 cm³/mol. The molecule has 0 bridgehead atoms. The zero-order chi connectivity index (χ0) is 11.9. The Morgan fingerprint density at radius 1 is 1.47 bits per heavy atom. The molecule has 1 N–H and O–H groups in total. The van der Waals surface area contributed by atoms with E-state index in [9.17, 15) is 4.79 Å². The number of alkyl carbamates (subject to hydrolysis) is 1. The quantitative estimate of drug-likeness (QED) is 0.726. The lowest BCUT2D eigenvalue weighted by molar-refractivity contribution is 0.0532. The molecule has 0 aromatic heterocycles. The molecule has 0 spiro atoms. The number of rotatable bonds is 4. The van der Waals surface area contributed by atoms with Crippen LogP contribution in [0.3, 0.4) is 0 Å². The lowest BCUT2D eigenvalue weighted by Crippen LogP contribution is -2.33. The highest BCUT2D eigenvalue weighted by molar-refractivity contribution is 5.68. The maximum Gasteiger partial charge on any atom is 0.407 e. The average molecular weight is 211 g/mol. The number of ether oxygens (including phenoxy) is 1. The van der Waals surface area contributed by atoms with Crippen LogP contribution in [0.15, 0.2) is 24.3 Å². The minimum Gasteiger partial charge on any atom is -0.444 e. The van der Waals surface area contributed by atoms with Gasteiger partial charge in [0.1, 0.15) is 5.60 Å². The van der Waals surface area contributed by atoms with Gasteiger partial charge in [-0.2, -0.15) is 0 Å². The Hall–Kier alpha value is -1.25. The van der Waals surface area contributed by atoms with Crippen molar-refractivity contribution in [1.82, 2.24) is 5.32 Å². The third-order valence-corrected chi connectivity index (χ3v) is 1.67. The number of allylic oxidation sites excluding steroid dienone is 2. The van der Waals surface area contributed by atoms with Crippen molar-refractivity contribution in [2.24, 2.45) is 0 Å². The molecular formula is C12H21NO2. The van der Waals surface area contributed by atoms with E-state index < -0.39 is 5.60 Å². The highest BCUT2D eigenvalue weighted by Gasteiger charge is 2.15. The van der Waals surface area contributed by atoms with Gasteiger partial charge in [0.15, 0.2) is 0 Å². The van der Waals surface area contributed by atoms with Crippen molar-refractivity contribution in [2.75, 3.05) is 6.54 Å². The fourth-order valence-electron chi connectivity index (χ4n) is 0.968. The summed E-state index contributed by atoms with van der Waals surface area (Å²) in [5.74, 6) is 0. The summed E-state index contributed by atoms with van der Waals surface area (Å²) < 4.78 is 5.11. The maximum atomic E-state index is 11.3. The van der Waals surface area contributed by atoms with Gasteiger partial charge in [-0.05, 0) is 27.2 Å². The molecule has 0 unspecified atom stereocenters. The molecule has 0 atom stereocenters. The van der Waals surface area contributed by atoms with Crippen LogP contribution in [0, 0.1) is 0 Å². The van der Waals surface area contributed by atoms with Gasteiger partial charge in [-0.3, -0.25) is 0 Å². The molecule has 0 rings (SSSR count). The number of carbonyl (C=O) groups is 1. The van der Waals surface area contributed by atoms with Crippen LogP contribution in [0.5, 0.6) is 0 Å². The Kier molecular flexibility index (Phi) is 5.75. The Labute approximate surface area is 92.2 Å². The number of hydrogen-bond donors (Lipinski definition) is 1. The molecular weight excluding hydrogens is 190 g/mol. The third kappa shape index (κ3) is 7.79. The molecule has 0 aromatic carbocycles. The fourth-order valence-corrected chi connectivity index (χ4v) is 0.968. The first-order valence-electron chi connectivity index (χ1n) is 5.16. The van der Waals surface area contributed by atoms with E-state index in [1.807, 2.05) is 33.8 Å². The summed E-state index contributed by atoms with van der Waals surface area (Å²) in [5.41, 5.74) is 0.675. The zero-order valence-corrected chi connectivity index (χ0v) is 10.1. The van der Waals surface area contributed by atoms with Crippen molar-refractivity contribution in [2.45, 2.75) is 39.7 Å². The van der Waals surface area contributed by atoms with E-state index in [4.69, 9.17) is 4.74 Å². The molecule has 0 aliphatic rings. The summed E-state index contributed by atoms with van der Waals surface area (Å²) in [6.45, 7) is 11.7. The first-order chi connectivity index (χ1) is 6.89. The van der Waals surface area contributed by atoms with E-state index in [0.29, 0.717) is 6.54 Å². The smallest absolute Gasteiger partial charge is 0.407 e. The van der Waals surface area contributed by atoms with E-state index in [-0.39, 0.29) is 6.09 Å². The van der Waals surface area contributed by atoms with Gasteiger partial charge in [0, 0.05) is 6.54 Å². The molecule has 0 aliphatic heterocycles. The topological polar surface area (TPSA) is 38.3 Å². The molecule has 0 saturated heterocycles. The standard InChI is InChI=1S/C12H21NO2/c1-6-8-10(7-2)9-13-11(14)15-12(3,4)5/h6,8H,1,7,9H2,2-5H3,(H,13,14)/b10-8+. The van der Waals surface area contributed by atoms with Crippen LogP contribution >= 0.6 is 0 Å². The first-order valence-corrected chi connectivity index (χ1v) is 5.16. The van der Waals surface area contributed by atoms with E-state index in [1.165, 1.54) is 0 Å². The Morgan fingerprint density at radius 2 is 2.07 bits per heavy atom. The lowest BCUT2D eigenvalue weighted by Gasteiger charge is -2.19. The van der Waals surface area contributed by atoms with E-state index >= 15 is 0 Å². The molecule has 3 nitrogen and oxygen atoms in total. The number of amides is 1. The second-order valence-corrected chi connectivity index (χ2v) is 4.27. The molecule has 86 valence electrons. The van der Waals surface area contributed by atoms with Crippen molar-refractivity contribution in [3.63, 3.8) is 0 Å². The summed E-state index contributed by atoms with van der Waals surface area (Å²) in [5, 5.41) is 2.70. The van der Waals surface area contributed by atoms with Gasteiger partial charge in [0.2, 0.25) is 0 Å². The van der Waals surface area contributed by atoms with Gasteiger partial charge in [0.25, 0.3) is 0 Å². The van der Waals surface area contributed by atoms with Crippen molar-refractivity contribution in [1.29, 1.82) is 0 Å². The van der Waals surface area contributed by atoms with Gasteiger partial charge >= 0.3 is 6.09 Å². The van der Waals surface area contributed by atoms with Crippen LogP contribution in [-0.4, -0.2) is 18.2 Å². The SMILES string of the molecule is C=C/C=C(\CC)CNC(=O)OC(C)(C)C. The summed E-state index contributed by atoms with van der Waals surface area (Å²) in [6.07, 6.45) is 4.13. The molecule has 3 heteroatoms. The minimum absolute atomic E-state index is 0.383. The predicted octanol–water partition coefficient (Wildman–Crippen LogP) is 3.03. The van der Waals surface area contributed by atoms with Gasteiger partial charge in [-0.15, -0.1) is 0 Å². The Morgan fingerprint density at radius 3 is 2.47 bits per heavy atom. The van der Waals surface area contributed by atoms with Gasteiger partial charge in [0.05, 0.1) is 0 Å².